The number of benzene rings is 2. The lowest BCUT2D eigenvalue weighted by Gasteiger charge is -2.15. The van der Waals surface area contributed by atoms with Gasteiger partial charge in [0.05, 0.1) is 16.7 Å². The molecule has 0 spiro atoms. The summed E-state index contributed by atoms with van der Waals surface area (Å²) in [6.07, 6.45) is 7.71. The van der Waals surface area contributed by atoms with E-state index in [1.807, 2.05) is 30.3 Å². The average molecular weight is 520 g/mol. The van der Waals surface area contributed by atoms with Crippen LogP contribution in [0.1, 0.15) is 12.8 Å². The number of likely N-dealkylation sites (tertiary alicyclic amines) is 1. The van der Waals surface area contributed by atoms with E-state index < -0.39 is 0 Å². The summed E-state index contributed by atoms with van der Waals surface area (Å²) in [6.45, 7) is 3.55. The van der Waals surface area contributed by atoms with Gasteiger partial charge in [-0.05, 0) is 79.5 Å². The van der Waals surface area contributed by atoms with Crippen molar-refractivity contribution in [1.82, 2.24) is 35.0 Å². The van der Waals surface area contributed by atoms with E-state index in [0.717, 1.165) is 47.2 Å². The second-order valence-corrected chi connectivity index (χ2v) is 9.78. The molecule has 0 radical (unpaired) electrons. The van der Waals surface area contributed by atoms with Gasteiger partial charge < -0.3 is 9.72 Å². The largest absolute Gasteiger partial charge is 0.492 e. The molecular weight excluding hydrogens is 493 g/mol. The van der Waals surface area contributed by atoms with Gasteiger partial charge in [-0.15, -0.1) is 0 Å². The molecule has 0 bridgehead atoms. The zero-order valence-electron chi connectivity index (χ0n) is 21.2. The Kier molecular flexibility index (Phi) is 5.97. The molecule has 6 aromatic rings. The Balaban J connectivity index is 1.23. The molecular formula is C30H26FN7O. The van der Waals surface area contributed by atoms with Crippen LogP contribution in [0.5, 0.6) is 5.75 Å². The van der Waals surface area contributed by atoms with Crippen molar-refractivity contribution in [1.29, 1.82) is 0 Å². The summed E-state index contributed by atoms with van der Waals surface area (Å²) in [4.78, 5) is 19.3. The number of rotatable bonds is 7. The quantitative estimate of drug-likeness (QED) is 0.275. The van der Waals surface area contributed by atoms with Gasteiger partial charge in [-0.25, -0.2) is 9.37 Å². The maximum atomic E-state index is 14.7. The zero-order valence-corrected chi connectivity index (χ0v) is 21.2. The van der Waals surface area contributed by atoms with Crippen molar-refractivity contribution in [3.05, 3.63) is 79.0 Å². The third-order valence-corrected chi connectivity index (χ3v) is 7.22. The highest BCUT2D eigenvalue weighted by Gasteiger charge is 2.18. The van der Waals surface area contributed by atoms with E-state index in [0.29, 0.717) is 40.6 Å². The lowest BCUT2D eigenvalue weighted by Crippen LogP contribution is -2.25. The van der Waals surface area contributed by atoms with Crippen LogP contribution in [0.15, 0.2) is 73.2 Å². The maximum absolute atomic E-state index is 14.7. The summed E-state index contributed by atoms with van der Waals surface area (Å²) in [5, 5.41) is 8.60. The van der Waals surface area contributed by atoms with E-state index in [1.165, 1.54) is 25.0 Å². The predicted octanol–water partition coefficient (Wildman–Crippen LogP) is 5.84. The average Bonchev–Trinajstić information content (AvgIpc) is 3.72. The molecule has 4 aromatic heterocycles. The van der Waals surface area contributed by atoms with Gasteiger partial charge in [-0.2, -0.15) is 5.10 Å². The van der Waals surface area contributed by atoms with Crippen LogP contribution >= 0.6 is 0 Å². The van der Waals surface area contributed by atoms with Crippen LogP contribution < -0.4 is 4.74 Å². The third-order valence-electron chi connectivity index (χ3n) is 7.22. The van der Waals surface area contributed by atoms with Crippen LogP contribution in [-0.4, -0.2) is 61.3 Å². The van der Waals surface area contributed by atoms with Gasteiger partial charge in [-0.1, -0.05) is 6.07 Å². The number of nitrogens with zero attached hydrogens (tertiary/aromatic N) is 5. The van der Waals surface area contributed by atoms with Crippen LogP contribution in [0.25, 0.3) is 55.8 Å². The van der Waals surface area contributed by atoms with Crippen molar-refractivity contribution >= 4 is 21.9 Å². The lowest BCUT2D eigenvalue weighted by atomic mass is 10.0. The second kappa shape index (κ2) is 9.92. The van der Waals surface area contributed by atoms with Gasteiger partial charge in [-0.3, -0.25) is 20.0 Å². The van der Waals surface area contributed by atoms with Crippen LogP contribution in [0.2, 0.25) is 0 Å². The first-order valence-electron chi connectivity index (χ1n) is 13.1. The number of aromatic nitrogens is 6. The minimum atomic E-state index is -0.375. The fourth-order valence-electron chi connectivity index (χ4n) is 5.26. The molecule has 1 saturated heterocycles. The topological polar surface area (TPSA) is 95.6 Å². The molecule has 2 aromatic carbocycles. The Morgan fingerprint density at radius 2 is 1.72 bits per heavy atom. The first kappa shape index (κ1) is 23.5. The molecule has 39 heavy (non-hydrogen) atoms. The Bertz CT molecular complexity index is 1770. The smallest absolute Gasteiger partial charge is 0.159 e. The van der Waals surface area contributed by atoms with Gasteiger partial charge in [0.25, 0.3) is 0 Å². The SMILES string of the molecule is Fc1cc(OCCN2CCCC2)cc(-c2nccc3[nH]c(-c4n[nH]c5ccc(-c6ccncc6)cc45)nc23)c1. The molecule has 5 heterocycles. The van der Waals surface area contributed by atoms with Crippen molar-refractivity contribution < 1.29 is 9.13 Å². The molecule has 1 aliphatic heterocycles. The van der Waals surface area contributed by atoms with E-state index in [-0.39, 0.29) is 5.82 Å². The summed E-state index contributed by atoms with van der Waals surface area (Å²) >= 11 is 0. The number of hydrogen-bond donors (Lipinski definition) is 2. The summed E-state index contributed by atoms with van der Waals surface area (Å²) in [7, 11) is 0. The number of nitrogens with one attached hydrogen (secondary N) is 2. The highest BCUT2D eigenvalue weighted by Crippen LogP contribution is 2.33. The lowest BCUT2D eigenvalue weighted by molar-refractivity contribution is 0.237. The normalized spacial score (nSPS) is 14.0. The van der Waals surface area contributed by atoms with Gasteiger partial charge in [0.15, 0.2) is 5.82 Å². The van der Waals surface area contributed by atoms with Crippen LogP contribution in [-0.2, 0) is 0 Å². The molecule has 8 nitrogen and oxygen atoms in total. The van der Waals surface area contributed by atoms with Crippen LogP contribution in [0, 0.1) is 5.82 Å². The molecule has 1 aliphatic rings. The van der Waals surface area contributed by atoms with Crippen LogP contribution in [0.4, 0.5) is 4.39 Å². The maximum Gasteiger partial charge on any atom is 0.159 e. The molecule has 0 atom stereocenters. The van der Waals surface area contributed by atoms with E-state index in [2.05, 4.69) is 42.2 Å². The van der Waals surface area contributed by atoms with Gasteiger partial charge in [0.1, 0.15) is 29.4 Å². The van der Waals surface area contributed by atoms with Gasteiger partial charge in [0.2, 0.25) is 0 Å². The second-order valence-electron chi connectivity index (χ2n) is 9.78. The minimum Gasteiger partial charge on any atom is -0.492 e. The Morgan fingerprint density at radius 3 is 2.59 bits per heavy atom. The molecule has 0 saturated carbocycles. The van der Waals surface area contributed by atoms with Crippen molar-refractivity contribution in [3.63, 3.8) is 0 Å². The summed E-state index contributed by atoms with van der Waals surface area (Å²) in [6, 6.07) is 16.7. The number of fused-ring (bicyclic) bond motifs is 2. The van der Waals surface area contributed by atoms with E-state index in [4.69, 9.17) is 9.72 Å². The number of H-pyrrole nitrogens is 2. The first-order valence-corrected chi connectivity index (χ1v) is 13.1. The third kappa shape index (κ3) is 4.61. The number of ether oxygens (including phenoxy) is 1. The number of halogens is 1. The summed E-state index contributed by atoms with van der Waals surface area (Å²) in [5.74, 6) is 0.719. The van der Waals surface area contributed by atoms with Crippen molar-refractivity contribution in [2.45, 2.75) is 12.8 Å². The monoisotopic (exact) mass is 519 g/mol. The first-order chi connectivity index (χ1) is 19.2. The van der Waals surface area contributed by atoms with Crippen LogP contribution in [0.3, 0.4) is 0 Å². The number of imidazole rings is 1. The van der Waals surface area contributed by atoms with Gasteiger partial charge >= 0.3 is 0 Å². The fourth-order valence-corrected chi connectivity index (χ4v) is 5.26. The minimum absolute atomic E-state index is 0.375. The van der Waals surface area contributed by atoms with E-state index >= 15 is 0 Å². The standard InChI is InChI=1S/C30H26FN7O/c31-22-15-21(16-23(18-22)39-14-13-38-11-1-2-12-38)27-29-26(7-10-33-27)34-30(35-29)28-24-17-20(3-4-25(24)36-37-28)19-5-8-32-9-6-19/h3-10,15-18H,1-2,11-14H2,(H,34,35)(H,36,37). The summed E-state index contributed by atoms with van der Waals surface area (Å²) < 4.78 is 20.6. The number of pyridine rings is 2. The highest BCUT2D eigenvalue weighted by atomic mass is 19.1. The molecule has 7 rings (SSSR count). The van der Waals surface area contributed by atoms with E-state index in [1.54, 1.807) is 18.6 Å². The molecule has 194 valence electrons. The molecule has 9 heteroatoms. The highest BCUT2D eigenvalue weighted by molar-refractivity contribution is 5.97. The molecule has 1 fully saturated rings. The Morgan fingerprint density at radius 1 is 0.846 bits per heavy atom. The Hall–Kier alpha value is -4.63. The molecule has 0 amide bonds. The van der Waals surface area contributed by atoms with Crippen molar-refractivity contribution in [3.8, 4) is 39.7 Å². The summed E-state index contributed by atoms with van der Waals surface area (Å²) in [5.41, 5.74) is 6.36. The Labute approximate surface area is 223 Å². The fraction of sp³-hybridized carbons (Fsp3) is 0.200. The zero-order chi connectivity index (χ0) is 26.2. The molecule has 0 aliphatic carbocycles. The van der Waals surface area contributed by atoms with E-state index in [9.17, 15) is 4.39 Å². The van der Waals surface area contributed by atoms with Crippen molar-refractivity contribution in [2.24, 2.45) is 0 Å². The molecule has 2 N–H and O–H groups in total. The molecule has 0 unspecified atom stereocenters. The number of hydrogen-bond acceptors (Lipinski definition) is 6. The number of aromatic amines is 2. The van der Waals surface area contributed by atoms with Crippen molar-refractivity contribution in [2.75, 3.05) is 26.2 Å². The van der Waals surface area contributed by atoms with Gasteiger partial charge in [0, 0.05) is 42.2 Å². The predicted molar refractivity (Wildman–Crippen MR) is 149 cm³/mol.